The summed E-state index contributed by atoms with van der Waals surface area (Å²) in [4.78, 5) is 4.52. The van der Waals surface area contributed by atoms with Crippen LogP contribution >= 0.6 is 0 Å². The van der Waals surface area contributed by atoms with Crippen molar-refractivity contribution in [1.82, 2.24) is 5.43 Å². The van der Waals surface area contributed by atoms with Crippen molar-refractivity contribution in [3.8, 4) is 0 Å². The third-order valence-electron chi connectivity index (χ3n) is 3.16. The van der Waals surface area contributed by atoms with Gasteiger partial charge in [-0.1, -0.05) is 63.2 Å². The lowest BCUT2D eigenvalue weighted by Gasteiger charge is -2.19. The van der Waals surface area contributed by atoms with E-state index in [2.05, 4.69) is 43.3 Å². The molecular weight excluding hydrogens is 246 g/mol. The van der Waals surface area contributed by atoms with Gasteiger partial charge in [-0.05, 0) is 23.1 Å². The number of hydrogen-bond acceptors (Lipinski definition) is 2. The number of benzene rings is 2. The number of nitrogens with one attached hydrogen (secondary N) is 1. The molecule has 0 aliphatic rings. The first-order valence-corrected chi connectivity index (χ1v) is 6.72. The van der Waals surface area contributed by atoms with E-state index in [1.54, 1.807) is 0 Å². The Balaban J connectivity index is 2.31. The van der Waals surface area contributed by atoms with Gasteiger partial charge in [-0.25, -0.2) is 10.8 Å². The minimum atomic E-state index is 0.144. The number of nitrogens with two attached hydrogens (primary N) is 1. The van der Waals surface area contributed by atoms with Crippen molar-refractivity contribution in [2.75, 3.05) is 0 Å². The molecule has 3 nitrogen and oxygen atoms in total. The van der Waals surface area contributed by atoms with Crippen LogP contribution in [0.25, 0.3) is 0 Å². The Hall–Kier alpha value is -2.13. The molecule has 0 saturated carbocycles. The number of amidine groups is 1. The summed E-state index contributed by atoms with van der Waals surface area (Å²) in [6.07, 6.45) is 0. The predicted octanol–water partition coefficient (Wildman–Crippen LogP) is 3.53. The van der Waals surface area contributed by atoms with E-state index in [-0.39, 0.29) is 5.41 Å². The van der Waals surface area contributed by atoms with Crippen molar-refractivity contribution in [3.05, 3.63) is 65.7 Å². The fourth-order valence-corrected chi connectivity index (χ4v) is 1.94. The summed E-state index contributed by atoms with van der Waals surface area (Å²) >= 11 is 0. The maximum absolute atomic E-state index is 5.60. The van der Waals surface area contributed by atoms with E-state index in [9.17, 15) is 0 Å². The molecule has 0 spiro atoms. The maximum Gasteiger partial charge on any atom is 0.147 e. The smallest absolute Gasteiger partial charge is 0.147 e. The summed E-state index contributed by atoms with van der Waals surface area (Å²) in [7, 11) is 0. The molecular formula is C17H21N3. The molecule has 0 atom stereocenters. The molecule has 0 fully saturated rings. The van der Waals surface area contributed by atoms with E-state index in [1.807, 2.05) is 42.5 Å². The molecule has 0 amide bonds. The van der Waals surface area contributed by atoms with Crippen LogP contribution in [0.3, 0.4) is 0 Å². The Labute approximate surface area is 120 Å². The van der Waals surface area contributed by atoms with Crippen molar-refractivity contribution in [2.45, 2.75) is 26.2 Å². The average Bonchev–Trinajstić information content (AvgIpc) is 2.45. The first-order valence-electron chi connectivity index (χ1n) is 6.72. The van der Waals surface area contributed by atoms with Crippen molar-refractivity contribution in [2.24, 2.45) is 10.8 Å². The maximum atomic E-state index is 5.60. The summed E-state index contributed by atoms with van der Waals surface area (Å²) < 4.78 is 0. The van der Waals surface area contributed by atoms with Crippen LogP contribution in [-0.4, -0.2) is 5.84 Å². The summed E-state index contributed by atoms with van der Waals surface area (Å²) in [5.74, 6) is 6.26. The number of hydrogen-bond donors (Lipinski definition) is 2. The van der Waals surface area contributed by atoms with Gasteiger partial charge in [0.25, 0.3) is 0 Å². The molecule has 0 heterocycles. The van der Waals surface area contributed by atoms with E-state index in [4.69, 9.17) is 5.84 Å². The van der Waals surface area contributed by atoms with Gasteiger partial charge in [0.2, 0.25) is 0 Å². The Bertz CT molecular complexity index is 578. The fraction of sp³-hybridized carbons (Fsp3) is 0.235. The topological polar surface area (TPSA) is 50.4 Å². The lowest BCUT2D eigenvalue weighted by molar-refractivity contribution is 0.590. The minimum absolute atomic E-state index is 0.144. The summed E-state index contributed by atoms with van der Waals surface area (Å²) in [5.41, 5.74) is 5.96. The van der Waals surface area contributed by atoms with Crippen LogP contribution in [0.1, 0.15) is 31.9 Å². The van der Waals surface area contributed by atoms with Crippen LogP contribution in [0.5, 0.6) is 0 Å². The minimum Gasteiger partial charge on any atom is -0.308 e. The summed E-state index contributed by atoms with van der Waals surface area (Å²) in [5, 5.41) is 0. The van der Waals surface area contributed by atoms with Crippen molar-refractivity contribution < 1.29 is 0 Å². The second kappa shape index (κ2) is 5.88. The Morgan fingerprint density at radius 1 is 0.950 bits per heavy atom. The van der Waals surface area contributed by atoms with E-state index >= 15 is 0 Å². The molecule has 0 saturated heterocycles. The zero-order valence-electron chi connectivity index (χ0n) is 12.2. The van der Waals surface area contributed by atoms with Gasteiger partial charge >= 0.3 is 0 Å². The van der Waals surface area contributed by atoms with Crippen LogP contribution < -0.4 is 11.3 Å². The number of hydrazine groups is 1. The first-order chi connectivity index (χ1) is 9.50. The fourth-order valence-electron chi connectivity index (χ4n) is 1.94. The normalized spacial score (nSPS) is 12.3. The van der Waals surface area contributed by atoms with Gasteiger partial charge in [0.1, 0.15) is 5.84 Å². The van der Waals surface area contributed by atoms with Gasteiger partial charge in [-0.2, -0.15) is 0 Å². The van der Waals surface area contributed by atoms with Gasteiger partial charge < -0.3 is 5.43 Å². The zero-order chi connectivity index (χ0) is 14.6. The molecule has 2 aromatic carbocycles. The Morgan fingerprint density at radius 2 is 1.55 bits per heavy atom. The Kier molecular flexibility index (Phi) is 4.20. The lowest BCUT2D eigenvalue weighted by atomic mass is 9.86. The molecule has 0 aliphatic heterocycles. The SMILES string of the molecule is CC(C)(C)c1ccc(C(=Nc2ccccc2)NN)cc1. The van der Waals surface area contributed by atoms with Crippen LogP contribution in [-0.2, 0) is 5.41 Å². The number of rotatable bonds is 2. The molecule has 104 valence electrons. The third-order valence-corrected chi connectivity index (χ3v) is 3.16. The van der Waals surface area contributed by atoms with Gasteiger partial charge in [0.15, 0.2) is 0 Å². The quantitative estimate of drug-likeness (QED) is 0.378. The highest BCUT2D eigenvalue weighted by Gasteiger charge is 2.13. The van der Waals surface area contributed by atoms with E-state index < -0.39 is 0 Å². The highest BCUT2D eigenvalue weighted by atomic mass is 15.2. The van der Waals surface area contributed by atoms with Crippen LogP contribution in [0.4, 0.5) is 5.69 Å². The van der Waals surface area contributed by atoms with E-state index in [0.29, 0.717) is 5.84 Å². The summed E-state index contributed by atoms with van der Waals surface area (Å²) in [6.45, 7) is 6.59. The molecule has 0 aromatic heterocycles. The molecule has 3 N–H and O–H groups in total. The predicted molar refractivity (Wildman–Crippen MR) is 85.1 cm³/mol. The highest BCUT2D eigenvalue weighted by molar-refractivity contribution is 5.99. The van der Waals surface area contributed by atoms with Gasteiger partial charge in [-0.3, -0.25) is 0 Å². The van der Waals surface area contributed by atoms with Gasteiger partial charge in [0.05, 0.1) is 5.69 Å². The van der Waals surface area contributed by atoms with Crippen molar-refractivity contribution in [1.29, 1.82) is 0 Å². The molecule has 0 bridgehead atoms. The van der Waals surface area contributed by atoms with Crippen molar-refractivity contribution >= 4 is 11.5 Å². The second-order valence-electron chi connectivity index (χ2n) is 5.77. The molecule has 20 heavy (non-hydrogen) atoms. The second-order valence-corrected chi connectivity index (χ2v) is 5.77. The standard InChI is InChI=1S/C17H21N3/c1-17(2,3)14-11-9-13(10-12-14)16(20-18)19-15-7-5-4-6-8-15/h4-12H,18H2,1-3H3,(H,19,20). The van der Waals surface area contributed by atoms with Crippen LogP contribution in [0.15, 0.2) is 59.6 Å². The molecule has 2 rings (SSSR count). The zero-order valence-corrected chi connectivity index (χ0v) is 12.2. The Morgan fingerprint density at radius 3 is 2.05 bits per heavy atom. The number of para-hydroxylation sites is 1. The summed E-state index contributed by atoms with van der Waals surface area (Å²) in [6, 6.07) is 18.1. The third kappa shape index (κ3) is 3.45. The van der Waals surface area contributed by atoms with Crippen LogP contribution in [0, 0.1) is 0 Å². The molecule has 3 heteroatoms. The van der Waals surface area contributed by atoms with E-state index in [1.165, 1.54) is 5.56 Å². The lowest BCUT2D eigenvalue weighted by Crippen LogP contribution is -2.31. The number of aliphatic imine (C=N–C) groups is 1. The molecule has 0 radical (unpaired) electrons. The van der Waals surface area contributed by atoms with Crippen LogP contribution in [0.2, 0.25) is 0 Å². The number of nitrogens with zero attached hydrogens (tertiary/aromatic N) is 1. The first kappa shape index (κ1) is 14.3. The van der Waals surface area contributed by atoms with Gasteiger partial charge in [0, 0.05) is 5.56 Å². The molecule has 0 unspecified atom stereocenters. The van der Waals surface area contributed by atoms with Gasteiger partial charge in [-0.15, -0.1) is 0 Å². The molecule has 2 aromatic rings. The average molecular weight is 267 g/mol. The van der Waals surface area contributed by atoms with E-state index in [0.717, 1.165) is 11.3 Å². The molecule has 0 aliphatic carbocycles. The monoisotopic (exact) mass is 267 g/mol. The van der Waals surface area contributed by atoms with Crippen molar-refractivity contribution in [3.63, 3.8) is 0 Å². The highest BCUT2D eigenvalue weighted by Crippen LogP contribution is 2.22. The largest absolute Gasteiger partial charge is 0.308 e.